The van der Waals surface area contributed by atoms with Gasteiger partial charge in [-0.3, -0.25) is 0 Å². The van der Waals surface area contributed by atoms with E-state index in [0.29, 0.717) is 23.8 Å². The third kappa shape index (κ3) is 5.16. The van der Waals surface area contributed by atoms with Crippen molar-refractivity contribution in [2.75, 3.05) is 6.61 Å². The number of benzene rings is 2. The van der Waals surface area contributed by atoms with Gasteiger partial charge in [-0.2, -0.15) is 5.26 Å². The van der Waals surface area contributed by atoms with E-state index in [1.165, 1.54) is 49.7 Å². The first-order chi connectivity index (χ1) is 13.7. The number of hydrogen-bond acceptors (Lipinski definition) is 2. The Bertz CT molecular complexity index is 779. The number of nitrogens with zero attached hydrogens (tertiary/aromatic N) is 1. The molecular weight excluding hydrogens is 342 g/mol. The van der Waals surface area contributed by atoms with Gasteiger partial charge in [-0.25, -0.2) is 0 Å². The van der Waals surface area contributed by atoms with Crippen LogP contribution in [0.15, 0.2) is 42.5 Å². The van der Waals surface area contributed by atoms with Crippen molar-refractivity contribution in [2.45, 2.75) is 71.1 Å². The van der Waals surface area contributed by atoms with Crippen LogP contribution in [0.2, 0.25) is 0 Å². The fourth-order valence-electron chi connectivity index (χ4n) is 4.39. The topological polar surface area (TPSA) is 33.0 Å². The first-order valence-corrected chi connectivity index (χ1v) is 11.0. The second-order valence-electron chi connectivity index (χ2n) is 8.15. The molecule has 0 aromatic heterocycles. The van der Waals surface area contributed by atoms with Gasteiger partial charge in [0.05, 0.1) is 12.2 Å². The first kappa shape index (κ1) is 20.5. The summed E-state index contributed by atoms with van der Waals surface area (Å²) in [6.45, 7) is 5.10. The van der Waals surface area contributed by atoms with Crippen LogP contribution in [0.3, 0.4) is 0 Å². The highest BCUT2D eigenvalue weighted by Crippen LogP contribution is 2.38. The summed E-state index contributed by atoms with van der Waals surface area (Å²) in [5, 5.41) is 9.49. The highest BCUT2D eigenvalue weighted by Gasteiger charge is 2.21. The van der Waals surface area contributed by atoms with Crippen LogP contribution < -0.4 is 4.74 Å². The molecule has 1 aliphatic carbocycles. The van der Waals surface area contributed by atoms with Crippen molar-refractivity contribution in [3.8, 4) is 22.9 Å². The molecule has 0 aliphatic heterocycles. The molecule has 2 aromatic rings. The Hall–Kier alpha value is -2.27. The van der Waals surface area contributed by atoms with Gasteiger partial charge in [-0.05, 0) is 72.8 Å². The summed E-state index contributed by atoms with van der Waals surface area (Å²) >= 11 is 0. The first-order valence-electron chi connectivity index (χ1n) is 11.0. The Morgan fingerprint density at radius 1 is 0.929 bits per heavy atom. The second-order valence-corrected chi connectivity index (χ2v) is 8.15. The Morgan fingerprint density at radius 3 is 2.29 bits per heavy atom. The molecule has 1 saturated carbocycles. The molecular formula is C26H33NO. The Labute approximate surface area is 170 Å². The predicted molar refractivity (Wildman–Crippen MR) is 117 cm³/mol. The SMILES string of the molecule is CCCCOc1ccc(-c2ccc(C3CCC(CCC)CC3)cc2)cc1C#N. The van der Waals surface area contributed by atoms with Gasteiger partial charge in [0.1, 0.15) is 11.8 Å². The zero-order valence-corrected chi connectivity index (χ0v) is 17.4. The molecule has 2 aromatic carbocycles. The smallest absolute Gasteiger partial charge is 0.137 e. The van der Waals surface area contributed by atoms with Crippen LogP contribution in [-0.4, -0.2) is 6.61 Å². The molecule has 148 valence electrons. The minimum atomic E-state index is 0.618. The molecule has 0 unspecified atom stereocenters. The van der Waals surface area contributed by atoms with Crippen molar-refractivity contribution in [2.24, 2.45) is 5.92 Å². The lowest BCUT2D eigenvalue weighted by molar-refractivity contribution is 0.308. The summed E-state index contributed by atoms with van der Waals surface area (Å²) in [4.78, 5) is 0. The summed E-state index contributed by atoms with van der Waals surface area (Å²) in [6.07, 6.45) is 10.2. The number of unbranched alkanes of at least 4 members (excludes halogenated alkanes) is 1. The molecule has 3 rings (SSSR count). The minimum Gasteiger partial charge on any atom is -0.492 e. The van der Waals surface area contributed by atoms with Gasteiger partial charge in [-0.1, -0.05) is 63.4 Å². The van der Waals surface area contributed by atoms with E-state index < -0.39 is 0 Å². The lowest BCUT2D eigenvalue weighted by atomic mass is 9.77. The maximum absolute atomic E-state index is 9.49. The minimum absolute atomic E-state index is 0.618. The molecule has 0 spiro atoms. The molecule has 2 nitrogen and oxygen atoms in total. The monoisotopic (exact) mass is 375 g/mol. The van der Waals surface area contributed by atoms with Crippen molar-refractivity contribution >= 4 is 0 Å². The third-order valence-electron chi connectivity index (χ3n) is 6.11. The average Bonchev–Trinajstić information content (AvgIpc) is 2.75. The maximum atomic E-state index is 9.49. The van der Waals surface area contributed by atoms with E-state index in [9.17, 15) is 5.26 Å². The summed E-state index contributed by atoms with van der Waals surface area (Å²) < 4.78 is 5.76. The summed E-state index contributed by atoms with van der Waals surface area (Å²) in [6, 6.07) is 17.2. The maximum Gasteiger partial charge on any atom is 0.137 e. The zero-order valence-electron chi connectivity index (χ0n) is 17.4. The number of rotatable bonds is 8. The molecule has 0 N–H and O–H groups in total. The van der Waals surface area contributed by atoms with Crippen LogP contribution >= 0.6 is 0 Å². The van der Waals surface area contributed by atoms with Crippen LogP contribution in [0.5, 0.6) is 5.75 Å². The molecule has 1 fully saturated rings. The molecule has 1 aliphatic rings. The average molecular weight is 376 g/mol. The second kappa shape index (κ2) is 10.3. The van der Waals surface area contributed by atoms with E-state index >= 15 is 0 Å². The van der Waals surface area contributed by atoms with Crippen LogP contribution in [0.4, 0.5) is 0 Å². The van der Waals surface area contributed by atoms with Gasteiger partial charge in [0.25, 0.3) is 0 Å². The fraction of sp³-hybridized carbons (Fsp3) is 0.500. The lowest BCUT2D eigenvalue weighted by Gasteiger charge is -2.28. The van der Waals surface area contributed by atoms with Crippen molar-refractivity contribution in [3.05, 3.63) is 53.6 Å². The third-order valence-corrected chi connectivity index (χ3v) is 6.11. The van der Waals surface area contributed by atoms with Crippen LogP contribution in [0.1, 0.15) is 82.3 Å². The van der Waals surface area contributed by atoms with E-state index in [1.807, 2.05) is 12.1 Å². The number of hydrogen-bond donors (Lipinski definition) is 0. The van der Waals surface area contributed by atoms with Crippen molar-refractivity contribution < 1.29 is 4.74 Å². The molecule has 0 amide bonds. The Kier molecular flexibility index (Phi) is 7.54. The molecule has 0 bridgehead atoms. The Morgan fingerprint density at radius 2 is 1.64 bits per heavy atom. The van der Waals surface area contributed by atoms with Gasteiger partial charge in [0, 0.05) is 0 Å². The van der Waals surface area contributed by atoms with Crippen LogP contribution in [-0.2, 0) is 0 Å². The van der Waals surface area contributed by atoms with Crippen LogP contribution in [0.25, 0.3) is 11.1 Å². The highest BCUT2D eigenvalue weighted by molar-refractivity contribution is 5.67. The molecule has 0 heterocycles. The van der Waals surface area contributed by atoms with E-state index in [0.717, 1.165) is 24.3 Å². The van der Waals surface area contributed by atoms with Gasteiger partial charge >= 0.3 is 0 Å². The van der Waals surface area contributed by atoms with E-state index in [1.54, 1.807) is 0 Å². The van der Waals surface area contributed by atoms with E-state index in [2.05, 4.69) is 50.2 Å². The fourth-order valence-corrected chi connectivity index (χ4v) is 4.39. The highest BCUT2D eigenvalue weighted by atomic mass is 16.5. The van der Waals surface area contributed by atoms with Gasteiger partial charge < -0.3 is 4.74 Å². The van der Waals surface area contributed by atoms with Gasteiger partial charge in [0.2, 0.25) is 0 Å². The zero-order chi connectivity index (χ0) is 19.8. The molecule has 0 atom stereocenters. The summed E-state index contributed by atoms with van der Waals surface area (Å²) in [5.74, 6) is 2.36. The lowest BCUT2D eigenvalue weighted by Crippen LogP contribution is -2.13. The molecule has 28 heavy (non-hydrogen) atoms. The quantitative estimate of drug-likeness (QED) is 0.448. The molecule has 0 saturated heterocycles. The normalized spacial score (nSPS) is 19.2. The van der Waals surface area contributed by atoms with Crippen molar-refractivity contribution in [1.82, 2.24) is 0 Å². The van der Waals surface area contributed by atoms with Gasteiger partial charge in [-0.15, -0.1) is 0 Å². The Balaban J connectivity index is 1.67. The van der Waals surface area contributed by atoms with Gasteiger partial charge in [0.15, 0.2) is 0 Å². The summed E-state index contributed by atoms with van der Waals surface area (Å²) in [5.41, 5.74) is 4.34. The van der Waals surface area contributed by atoms with Crippen molar-refractivity contribution in [3.63, 3.8) is 0 Å². The van der Waals surface area contributed by atoms with E-state index in [4.69, 9.17) is 4.74 Å². The molecule has 2 heteroatoms. The molecule has 0 radical (unpaired) electrons. The predicted octanol–water partition coefficient (Wildman–Crippen LogP) is 7.48. The van der Waals surface area contributed by atoms with Crippen LogP contribution in [0, 0.1) is 17.2 Å². The number of nitriles is 1. The van der Waals surface area contributed by atoms with E-state index in [-0.39, 0.29) is 0 Å². The standard InChI is InChI=1S/C26H33NO/c1-3-5-17-28-26-16-15-24(18-25(26)19-27)23-13-11-22(12-14-23)21-9-7-20(6-4-2)8-10-21/h11-16,18,20-21H,3-10,17H2,1-2H3. The van der Waals surface area contributed by atoms with Crippen molar-refractivity contribution in [1.29, 1.82) is 5.26 Å². The summed E-state index contributed by atoms with van der Waals surface area (Å²) in [7, 11) is 0. The number of ether oxygens (including phenoxy) is 1. The largest absolute Gasteiger partial charge is 0.492 e.